The predicted molar refractivity (Wildman–Crippen MR) is 126 cm³/mol. The Hall–Kier alpha value is -1.32. The Bertz CT molecular complexity index is 952. The standard InChI is InChI=1S/C22H26BrClN2O4S/c1-20(2,3)30-19(27)11-22(26-31(28)21(4,5)6)14-9-13(23)7-8-16(14)29-17-12-25-18(24)10-15(17)22/h7-10,12,26H,11H2,1-6H3/t22-,31?/m0/s1. The van der Waals surface area contributed by atoms with Crippen molar-refractivity contribution < 1.29 is 18.8 Å². The summed E-state index contributed by atoms with van der Waals surface area (Å²) in [6.07, 6.45) is 1.39. The summed E-state index contributed by atoms with van der Waals surface area (Å²) in [5.74, 6) is 0.514. The smallest absolute Gasteiger partial charge is 0.309 e. The highest BCUT2D eigenvalue weighted by Gasteiger charge is 2.50. The van der Waals surface area contributed by atoms with Crippen LogP contribution in [0.3, 0.4) is 0 Å². The second-order valence-corrected chi connectivity index (χ2v) is 12.7. The highest BCUT2D eigenvalue weighted by Crippen LogP contribution is 2.50. The number of aromatic nitrogens is 1. The number of hydrogen-bond acceptors (Lipinski definition) is 6. The summed E-state index contributed by atoms with van der Waals surface area (Å²) in [6, 6.07) is 7.12. The molecule has 0 fully saturated rings. The van der Waals surface area contributed by atoms with E-state index in [2.05, 4.69) is 25.6 Å². The minimum atomic E-state index is -1.53. The van der Waals surface area contributed by atoms with Crippen molar-refractivity contribution >= 4 is 44.9 Å². The first-order valence-corrected chi connectivity index (χ1v) is 12.1. The highest BCUT2D eigenvalue weighted by molar-refractivity contribution is 9.10. The molecule has 2 atom stereocenters. The van der Waals surface area contributed by atoms with E-state index in [0.29, 0.717) is 22.6 Å². The van der Waals surface area contributed by atoms with Gasteiger partial charge in [-0.3, -0.25) is 4.79 Å². The molecule has 1 unspecified atom stereocenters. The third-order valence-corrected chi connectivity index (χ3v) is 6.91. The maximum Gasteiger partial charge on any atom is 0.309 e. The number of halogens is 2. The average molecular weight is 530 g/mol. The summed E-state index contributed by atoms with van der Waals surface area (Å²) in [6.45, 7) is 11.0. The molecule has 6 nitrogen and oxygen atoms in total. The van der Waals surface area contributed by atoms with Gasteiger partial charge < -0.3 is 14.0 Å². The monoisotopic (exact) mass is 528 g/mol. The molecule has 2 aromatic rings. The molecule has 9 heteroatoms. The number of fused-ring (bicyclic) bond motifs is 2. The maximum absolute atomic E-state index is 13.3. The molecule has 2 heterocycles. The largest absolute Gasteiger partial charge is 0.598 e. The lowest BCUT2D eigenvalue weighted by atomic mass is 9.79. The van der Waals surface area contributed by atoms with Gasteiger partial charge in [0.2, 0.25) is 0 Å². The average Bonchev–Trinajstić information content (AvgIpc) is 2.60. The summed E-state index contributed by atoms with van der Waals surface area (Å²) in [7, 11) is 0. The molecule has 3 rings (SSSR count). The van der Waals surface area contributed by atoms with E-state index in [-0.39, 0.29) is 11.6 Å². The minimum absolute atomic E-state index is 0.119. The summed E-state index contributed by atoms with van der Waals surface area (Å²) >= 11 is 8.21. The Balaban J connectivity index is 2.26. The Morgan fingerprint density at radius 2 is 1.87 bits per heavy atom. The fraction of sp³-hybridized carbons (Fsp3) is 0.455. The topological polar surface area (TPSA) is 83.5 Å². The number of pyridine rings is 1. The quantitative estimate of drug-likeness (QED) is 0.314. The lowest BCUT2D eigenvalue weighted by molar-refractivity contribution is -0.156. The van der Waals surface area contributed by atoms with Gasteiger partial charge in [0.25, 0.3) is 0 Å². The number of esters is 1. The number of hydrogen-bond donors (Lipinski definition) is 1. The summed E-state index contributed by atoms with van der Waals surface area (Å²) in [4.78, 5) is 17.2. The van der Waals surface area contributed by atoms with Crippen LogP contribution in [0.5, 0.6) is 11.5 Å². The van der Waals surface area contributed by atoms with Crippen molar-refractivity contribution in [3.63, 3.8) is 0 Å². The summed E-state index contributed by atoms with van der Waals surface area (Å²) < 4.78 is 28.5. The van der Waals surface area contributed by atoms with E-state index in [9.17, 15) is 9.35 Å². The molecule has 0 bridgehead atoms. The first-order valence-electron chi connectivity index (χ1n) is 9.77. The molecule has 31 heavy (non-hydrogen) atoms. The molecule has 0 saturated heterocycles. The van der Waals surface area contributed by atoms with Crippen molar-refractivity contribution in [1.82, 2.24) is 9.71 Å². The van der Waals surface area contributed by atoms with Gasteiger partial charge in [0.05, 0.1) is 12.6 Å². The van der Waals surface area contributed by atoms with Gasteiger partial charge in [-0.15, -0.1) is 4.72 Å². The number of carbonyl (C=O) groups excluding carboxylic acids is 1. The molecule has 1 aromatic carbocycles. The second kappa shape index (κ2) is 8.56. The molecule has 168 valence electrons. The van der Waals surface area contributed by atoms with E-state index in [4.69, 9.17) is 21.1 Å². The Kier molecular flexibility index (Phi) is 6.71. The van der Waals surface area contributed by atoms with E-state index in [1.54, 1.807) is 12.1 Å². The fourth-order valence-electron chi connectivity index (χ4n) is 3.26. The first kappa shape index (κ1) is 24.3. The van der Waals surface area contributed by atoms with Gasteiger partial charge in [0.15, 0.2) is 5.75 Å². The SMILES string of the molecule is CC(C)(C)OC(=O)C[C@]1(N[S+]([O-])C(C)(C)C)c2cc(Br)ccc2Oc2cnc(Cl)cc21. The van der Waals surface area contributed by atoms with Gasteiger partial charge in [-0.25, -0.2) is 4.98 Å². The molecule has 1 aliphatic rings. The molecule has 0 spiro atoms. The third kappa shape index (κ3) is 5.37. The number of carbonyl (C=O) groups is 1. The zero-order chi connectivity index (χ0) is 23.2. The van der Waals surface area contributed by atoms with Gasteiger partial charge >= 0.3 is 5.97 Å². The molecule has 1 aliphatic heterocycles. The van der Waals surface area contributed by atoms with Gasteiger partial charge in [-0.05, 0) is 65.8 Å². The summed E-state index contributed by atoms with van der Waals surface area (Å²) in [5, 5.41) is 0.234. The van der Waals surface area contributed by atoms with Crippen LogP contribution in [-0.2, 0) is 26.4 Å². The molecule has 1 aromatic heterocycles. The van der Waals surface area contributed by atoms with Crippen LogP contribution in [0.4, 0.5) is 0 Å². The van der Waals surface area contributed by atoms with Crippen molar-refractivity contribution in [1.29, 1.82) is 0 Å². The van der Waals surface area contributed by atoms with Crippen LogP contribution in [0.15, 0.2) is 34.9 Å². The van der Waals surface area contributed by atoms with Crippen molar-refractivity contribution in [3.05, 3.63) is 51.2 Å². The van der Waals surface area contributed by atoms with E-state index in [1.807, 2.05) is 53.7 Å². The van der Waals surface area contributed by atoms with Crippen molar-refractivity contribution in [2.45, 2.75) is 63.9 Å². The van der Waals surface area contributed by atoms with E-state index in [0.717, 1.165) is 4.47 Å². The number of nitrogens with one attached hydrogen (secondary N) is 1. The Labute approximate surface area is 199 Å². The van der Waals surface area contributed by atoms with Crippen LogP contribution in [0.1, 0.15) is 59.1 Å². The molecular weight excluding hydrogens is 504 g/mol. The maximum atomic E-state index is 13.3. The lowest BCUT2D eigenvalue weighted by Crippen LogP contribution is -2.54. The van der Waals surface area contributed by atoms with Crippen LogP contribution in [-0.4, -0.2) is 25.9 Å². The summed E-state index contributed by atoms with van der Waals surface area (Å²) in [5.41, 5.74) is -0.660. The number of nitrogens with zero attached hydrogens (tertiary/aromatic N) is 1. The van der Waals surface area contributed by atoms with Crippen LogP contribution in [0.25, 0.3) is 0 Å². The number of benzene rings is 1. The van der Waals surface area contributed by atoms with Gasteiger partial charge in [0, 0.05) is 27.0 Å². The predicted octanol–water partition coefficient (Wildman–Crippen LogP) is 5.63. The number of ether oxygens (including phenoxy) is 2. The van der Waals surface area contributed by atoms with E-state index < -0.39 is 33.2 Å². The van der Waals surface area contributed by atoms with Crippen molar-refractivity contribution in [2.24, 2.45) is 0 Å². The van der Waals surface area contributed by atoms with Crippen molar-refractivity contribution in [3.8, 4) is 11.5 Å². The van der Waals surface area contributed by atoms with Crippen LogP contribution >= 0.6 is 27.5 Å². The first-order chi connectivity index (χ1) is 14.2. The fourth-order valence-corrected chi connectivity index (χ4v) is 4.70. The molecule has 0 radical (unpaired) electrons. The zero-order valence-corrected chi connectivity index (χ0v) is 21.5. The Morgan fingerprint density at radius 1 is 1.23 bits per heavy atom. The number of rotatable bonds is 4. The molecule has 0 amide bonds. The zero-order valence-electron chi connectivity index (χ0n) is 18.3. The molecular formula is C22H26BrClN2O4S. The third-order valence-electron chi connectivity index (χ3n) is 4.57. The minimum Gasteiger partial charge on any atom is -0.598 e. The second-order valence-electron chi connectivity index (χ2n) is 9.40. The van der Waals surface area contributed by atoms with Gasteiger partial charge in [-0.2, -0.15) is 0 Å². The van der Waals surface area contributed by atoms with Gasteiger partial charge in [-0.1, -0.05) is 27.5 Å². The van der Waals surface area contributed by atoms with E-state index in [1.165, 1.54) is 6.20 Å². The molecule has 1 N–H and O–H groups in total. The lowest BCUT2D eigenvalue weighted by Gasteiger charge is -2.41. The normalized spacial score (nSPS) is 19.1. The van der Waals surface area contributed by atoms with Crippen LogP contribution in [0, 0.1) is 0 Å². The highest BCUT2D eigenvalue weighted by atomic mass is 79.9. The van der Waals surface area contributed by atoms with Crippen LogP contribution in [0.2, 0.25) is 5.15 Å². The van der Waals surface area contributed by atoms with Gasteiger partial charge in [0.1, 0.15) is 26.8 Å². The molecule has 0 aliphatic carbocycles. The Morgan fingerprint density at radius 3 is 2.48 bits per heavy atom. The van der Waals surface area contributed by atoms with Crippen molar-refractivity contribution in [2.75, 3.05) is 0 Å². The van der Waals surface area contributed by atoms with E-state index >= 15 is 0 Å². The van der Waals surface area contributed by atoms with Crippen LogP contribution < -0.4 is 9.46 Å². The molecule has 0 saturated carbocycles.